The van der Waals surface area contributed by atoms with Crippen molar-refractivity contribution in [1.82, 2.24) is 19.4 Å². The molecule has 3 heterocycles. The lowest BCUT2D eigenvalue weighted by Crippen LogP contribution is -2.46. The molecule has 0 unspecified atom stereocenters. The Bertz CT molecular complexity index is 710. The normalized spacial score (nSPS) is 18.0. The number of fused-ring (bicyclic) bond motifs is 1. The van der Waals surface area contributed by atoms with Crippen molar-refractivity contribution in [2.75, 3.05) is 13.1 Å². The zero-order valence-electron chi connectivity index (χ0n) is 12.0. The number of nitrogens with zero attached hydrogens (tertiary/aromatic N) is 3. The van der Waals surface area contributed by atoms with E-state index >= 15 is 0 Å². The van der Waals surface area contributed by atoms with E-state index in [1.54, 1.807) is 6.08 Å². The Morgan fingerprint density at radius 3 is 2.90 bits per heavy atom. The summed E-state index contributed by atoms with van der Waals surface area (Å²) in [6, 6.07) is 1.82. The fourth-order valence-corrected chi connectivity index (χ4v) is 2.89. The highest BCUT2D eigenvalue weighted by molar-refractivity contribution is 5.74. The van der Waals surface area contributed by atoms with Gasteiger partial charge in [-0.3, -0.25) is 9.36 Å². The van der Waals surface area contributed by atoms with Gasteiger partial charge in [0.2, 0.25) is 0 Å². The van der Waals surface area contributed by atoms with E-state index in [1.165, 1.54) is 10.9 Å². The first kappa shape index (κ1) is 14.0. The van der Waals surface area contributed by atoms with Crippen molar-refractivity contribution in [2.45, 2.75) is 31.5 Å². The first-order chi connectivity index (χ1) is 10.1. The van der Waals surface area contributed by atoms with E-state index in [0.717, 1.165) is 13.1 Å². The molecule has 1 fully saturated rings. The molecule has 0 aromatic carbocycles. The highest BCUT2D eigenvalue weighted by Crippen LogP contribution is 2.20. The van der Waals surface area contributed by atoms with Gasteiger partial charge in [0.1, 0.15) is 5.52 Å². The zero-order valence-corrected chi connectivity index (χ0v) is 12.0. The predicted molar refractivity (Wildman–Crippen MR) is 81.2 cm³/mol. The van der Waals surface area contributed by atoms with E-state index in [-0.39, 0.29) is 12.1 Å². The Labute approximate surface area is 122 Å². The summed E-state index contributed by atoms with van der Waals surface area (Å²) in [6.45, 7) is 6.10. The van der Waals surface area contributed by atoms with Crippen LogP contribution in [-0.4, -0.2) is 37.9 Å². The van der Waals surface area contributed by atoms with Crippen LogP contribution in [-0.2, 0) is 13.1 Å². The molecule has 3 rings (SSSR count). The summed E-state index contributed by atoms with van der Waals surface area (Å²) in [5, 5.41) is 13.8. The first-order valence-electron chi connectivity index (χ1n) is 7.21. The molecule has 0 bridgehead atoms. The first-order valence-corrected chi connectivity index (χ1v) is 7.21. The van der Waals surface area contributed by atoms with Crippen LogP contribution in [0.15, 0.2) is 36.0 Å². The maximum atomic E-state index is 12.6. The molecular formula is C15H20N4O2. The van der Waals surface area contributed by atoms with Gasteiger partial charge >= 0.3 is 0 Å². The van der Waals surface area contributed by atoms with E-state index in [9.17, 15) is 9.90 Å². The molecule has 0 atom stereocenters. The second kappa shape index (κ2) is 5.46. The molecule has 1 saturated heterocycles. The van der Waals surface area contributed by atoms with Crippen molar-refractivity contribution in [2.24, 2.45) is 0 Å². The number of aliphatic hydroxyl groups is 1. The third kappa shape index (κ3) is 2.64. The summed E-state index contributed by atoms with van der Waals surface area (Å²) in [4.78, 5) is 17.0. The van der Waals surface area contributed by atoms with Gasteiger partial charge in [-0.2, -0.15) is 0 Å². The number of nitrogens with one attached hydrogen (secondary N) is 1. The monoisotopic (exact) mass is 288 g/mol. The number of rotatable bonds is 4. The second-order valence-corrected chi connectivity index (χ2v) is 5.64. The average molecular weight is 288 g/mol. The van der Waals surface area contributed by atoms with Gasteiger partial charge in [-0.05, 0) is 32.0 Å². The van der Waals surface area contributed by atoms with Gasteiger partial charge in [0, 0.05) is 12.7 Å². The van der Waals surface area contributed by atoms with Crippen molar-refractivity contribution < 1.29 is 5.11 Å². The van der Waals surface area contributed by atoms with E-state index in [2.05, 4.69) is 16.9 Å². The number of hydrogen-bond acceptors (Lipinski definition) is 4. The van der Waals surface area contributed by atoms with Crippen LogP contribution in [0.3, 0.4) is 0 Å². The van der Waals surface area contributed by atoms with Crippen molar-refractivity contribution in [3.05, 3.63) is 41.6 Å². The van der Waals surface area contributed by atoms with E-state index in [0.29, 0.717) is 30.4 Å². The quantitative estimate of drug-likeness (QED) is 0.804. The number of hydrogen-bond donors (Lipinski definition) is 2. The Morgan fingerprint density at radius 1 is 1.43 bits per heavy atom. The molecule has 0 aliphatic carbocycles. The van der Waals surface area contributed by atoms with Crippen LogP contribution in [0.25, 0.3) is 11.0 Å². The second-order valence-electron chi connectivity index (χ2n) is 5.64. The molecule has 6 nitrogen and oxygen atoms in total. The molecule has 0 radical (unpaired) electrons. The minimum Gasteiger partial charge on any atom is -0.388 e. The predicted octanol–water partition coefficient (Wildman–Crippen LogP) is 0.498. The van der Waals surface area contributed by atoms with Gasteiger partial charge in [-0.15, -0.1) is 6.58 Å². The molecule has 21 heavy (non-hydrogen) atoms. The fraction of sp³-hybridized carbons (Fsp3) is 0.467. The summed E-state index contributed by atoms with van der Waals surface area (Å²) in [5.74, 6) is 0. The van der Waals surface area contributed by atoms with E-state index in [1.807, 2.05) is 16.8 Å². The minimum absolute atomic E-state index is 0.112. The molecule has 1 aliphatic heterocycles. The van der Waals surface area contributed by atoms with Crippen molar-refractivity contribution in [3.63, 3.8) is 0 Å². The Kier molecular flexibility index (Phi) is 3.65. The van der Waals surface area contributed by atoms with Crippen LogP contribution in [0.2, 0.25) is 0 Å². The fourth-order valence-electron chi connectivity index (χ4n) is 2.89. The molecule has 0 saturated carbocycles. The largest absolute Gasteiger partial charge is 0.388 e. The van der Waals surface area contributed by atoms with Crippen molar-refractivity contribution in [3.8, 4) is 0 Å². The van der Waals surface area contributed by atoms with Crippen LogP contribution in [0.1, 0.15) is 12.8 Å². The summed E-state index contributed by atoms with van der Waals surface area (Å²) in [5.41, 5.74) is 0.296. The van der Waals surface area contributed by atoms with Gasteiger partial charge < -0.3 is 15.0 Å². The molecular weight excluding hydrogens is 268 g/mol. The summed E-state index contributed by atoms with van der Waals surface area (Å²) in [7, 11) is 0. The number of piperidine rings is 1. The molecule has 6 heteroatoms. The highest BCUT2D eigenvalue weighted by atomic mass is 16.3. The third-order valence-corrected chi connectivity index (χ3v) is 4.07. The van der Waals surface area contributed by atoms with E-state index in [4.69, 9.17) is 0 Å². The van der Waals surface area contributed by atoms with Gasteiger partial charge in [0.05, 0.1) is 24.0 Å². The summed E-state index contributed by atoms with van der Waals surface area (Å²) >= 11 is 0. The van der Waals surface area contributed by atoms with Gasteiger partial charge in [-0.25, -0.2) is 4.98 Å². The Balaban J connectivity index is 1.99. The van der Waals surface area contributed by atoms with Gasteiger partial charge in [-0.1, -0.05) is 6.08 Å². The average Bonchev–Trinajstić information content (AvgIpc) is 2.87. The van der Waals surface area contributed by atoms with Crippen LogP contribution in [0.4, 0.5) is 0 Å². The lowest BCUT2D eigenvalue weighted by atomic mass is 9.92. The molecule has 1 aliphatic rings. The van der Waals surface area contributed by atoms with Gasteiger partial charge in [0.15, 0.2) is 0 Å². The van der Waals surface area contributed by atoms with Crippen molar-refractivity contribution in [1.29, 1.82) is 0 Å². The van der Waals surface area contributed by atoms with Crippen LogP contribution in [0.5, 0.6) is 0 Å². The Morgan fingerprint density at radius 2 is 2.19 bits per heavy atom. The van der Waals surface area contributed by atoms with Crippen LogP contribution >= 0.6 is 0 Å². The minimum atomic E-state index is -0.833. The maximum absolute atomic E-state index is 12.6. The molecule has 2 aromatic heterocycles. The molecule has 0 spiro atoms. The Hall–Kier alpha value is -1.92. The number of allylic oxidation sites excluding steroid dienone is 1. The van der Waals surface area contributed by atoms with Crippen molar-refractivity contribution >= 4 is 11.0 Å². The molecule has 2 N–H and O–H groups in total. The lowest BCUT2D eigenvalue weighted by molar-refractivity contribution is -0.00629. The van der Waals surface area contributed by atoms with E-state index < -0.39 is 5.60 Å². The summed E-state index contributed by atoms with van der Waals surface area (Å²) in [6.07, 6.45) is 6.40. The zero-order chi connectivity index (χ0) is 14.9. The SMILES string of the molecule is C=CCn1ccc2ncn(CC3(O)CCNCC3)c(=O)c21. The van der Waals surface area contributed by atoms with Gasteiger partial charge in [0.25, 0.3) is 5.56 Å². The molecule has 112 valence electrons. The lowest BCUT2D eigenvalue weighted by Gasteiger charge is -2.32. The number of aromatic nitrogens is 3. The smallest absolute Gasteiger partial charge is 0.277 e. The standard InChI is InChI=1S/C15H20N4O2/c1-2-8-18-9-3-12-13(18)14(20)19(11-17-12)10-15(21)4-6-16-7-5-15/h2-3,9,11,16,21H,1,4-8,10H2. The summed E-state index contributed by atoms with van der Waals surface area (Å²) < 4.78 is 3.36. The molecule has 0 amide bonds. The third-order valence-electron chi connectivity index (χ3n) is 4.07. The topological polar surface area (TPSA) is 72.1 Å². The maximum Gasteiger partial charge on any atom is 0.277 e. The highest BCUT2D eigenvalue weighted by Gasteiger charge is 2.30. The molecule has 2 aromatic rings. The van der Waals surface area contributed by atoms with Crippen LogP contribution < -0.4 is 10.9 Å². The van der Waals surface area contributed by atoms with Crippen LogP contribution in [0, 0.1) is 0 Å².